The molecule has 32 heavy (non-hydrogen) atoms. The minimum atomic E-state index is -0.177. The molecule has 5 heteroatoms. The SMILES string of the molecule is O=c1c(Cc2cccnc2)nc2ccc(/C=C/c3ccccc3)nc2n1-c1ccccc1. The number of pyridine rings is 2. The number of nitrogens with zero attached hydrogens (tertiary/aromatic N) is 4. The Morgan fingerprint density at radius 2 is 1.56 bits per heavy atom. The van der Waals surface area contributed by atoms with Crippen LogP contribution in [-0.2, 0) is 6.42 Å². The Hall–Kier alpha value is -4.38. The number of fused-ring (bicyclic) bond motifs is 1. The zero-order chi connectivity index (χ0) is 21.8. The van der Waals surface area contributed by atoms with Crippen LogP contribution < -0.4 is 5.56 Å². The highest BCUT2D eigenvalue weighted by Gasteiger charge is 2.14. The van der Waals surface area contributed by atoms with Gasteiger partial charge in [0.25, 0.3) is 5.56 Å². The summed E-state index contributed by atoms with van der Waals surface area (Å²) < 4.78 is 1.65. The van der Waals surface area contributed by atoms with E-state index in [1.807, 2.05) is 97.1 Å². The quantitative estimate of drug-likeness (QED) is 0.407. The lowest BCUT2D eigenvalue weighted by Crippen LogP contribution is -2.25. The number of benzene rings is 2. The van der Waals surface area contributed by atoms with Crippen molar-refractivity contribution in [1.82, 2.24) is 19.5 Å². The van der Waals surface area contributed by atoms with Crippen molar-refractivity contribution in [3.63, 3.8) is 0 Å². The number of hydrogen-bond acceptors (Lipinski definition) is 4. The smallest absolute Gasteiger partial charge is 0.267 e. The van der Waals surface area contributed by atoms with Gasteiger partial charge in [-0.15, -0.1) is 0 Å². The van der Waals surface area contributed by atoms with E-state index in [1.54, 1.807) is 17.0 Å². The van der Waals surface area contributed by atoms with Gasteiger partial charge in [0.15, 0.2) is 5.65 Å². The zero-order valence-corrected chi connectivity index (χ0v) is 17.3. The fourth-order valence-electron chi connectivity index (χ4n) is 3.59. The van der Waals surface area contributed by atoms with Gasteiger partial charge in [0.2, 0.25) is 0 Å². The molecule has 0 unspecified atom stereocenters. The number of hydrogen-bond donors (Lipinski definition) is 0. The number of aromatic nitrogens is 4. The summed E-state index contributed by atoms with van der Waals surface area (Å²) in [6, 6.07) is 27.2. The van der Waals surface area contributed by atoms with E-state index >= 15 is 0 Å². The highest BCUT2D eigenvalue weighted by molar-refractivity contribution is 5.76. The zero-order valence-electron chi connectivity index (χ0n) is 17.3. The second-order valence-electron chi connectivity index (χ2n) is 7.40. The maximum absolute atomic E-state index is 13.5. The van der Waals surface area contributed by atoms with Crippen LogP contribution in [0.15, 0.2) is 102 Å². The first-order chi connectivity index (χ1) is 15.8. The van der Waals surface area contributed by atoms with Gasteiger partial charge in [-0.3, -0.25) is 14.3 Å². The lowest BCUT2D eigenvalue weighted by atomic mass is 10.1. The Labute approximate surface area is 185 Å². The molecule has 2 aromatic carbocycles. The van der Waals surface area contributed by atoms with Crippen molar-refractivity contribution in [2.24, 2.45) is 0 Å². The largest absolute Gasteiger partial charge is 0.278 e. The minimum absolute atomic E-state index is 0.177. The van der Waals surface area contributed by atoms with E-state index in [-0.39, 0.29) is 5.56 Å². The van der Waals surface area contributed by atoms with E-state index in [1.165, 1.54) is 0 Å². The van der Waals surface area contributed by atoms with Crippen LogP contribution in [0.1, 0.15) is 22.5 Å². The molecule has 0 N–H and O–H groups in total. The summed E-state index contributed by atoms with van der Waals surface area (Å²) in [6.45, 7) is 0. The Balaban J connectivity index is 1.66. The highest BCUT2D eigenvalue weighted by Crippen LogP contribution is 2.17. The summed E-state index contributed by atoms with van der Waals surface area (Å²) in [6.07, 6.45) is 7.83. The van der Waals surface area contributed by atoms with Gasteiger partial charge in [0, 0.05) is 18.8 Å². The molecule has 0 aliphatic rings. The third-order valence-corrected chi connectivity index (χ3v) is 5.15. The molecule has 5 nitrogen and oxygen atoms in total. The van der Waals surface area contributed by atoms with Gasteiger partial charge in [-0.05, 0) is 47.5 Å². The first-order valence-electron chi connectivity index (χ1n) is 10.4. The van der Waals surface area contributed by atoms with Crippen LogP contribution in [-0.4, -0.2) is 19.5 Å². The molecule has 0 atom stereocenters. The number of rotatable bonds is 5. The normalized spacial score (nSPS) is 11.2. The fraction of sp³-hybridized carbons (Fsp3) is 0.0370. The minimum Gasteiger partial charge on any atom is -0.267 e. The second kappa shape index (κ2) is 8.78. The summed E-state index contributed by atoms with van der Waals surface area (Å²) in [4.78, 5) is 27.1. The third-order valence-electron chi connectivity index (χ3n) is 5.15. The summed E-state index contributed by atoms with van der Waals surface area (Å²) >= 11 is 0. The van der Waals surface area contributed by atoms with Gasteiger partial charge in [0.1, 0.15) is 11.2 Å². The molecular formula is C27H20N4O. The van der Waals surface area contributed by atoms with Crippen LogP contribution in [0.4, 0.5) is 0 Å². The summed E-state index contributed by atoms with van der Waals surface area (Å²) in [7, 11) is 0. The van der Waals surface area contributed by atoms with Crippen LogP contribution in [0.25, 0.3) is 29.0 Å². The summed E-state index contributed by atoms with van der Waals surface area (Å²) in [5.74, 6) is 0. The van der Waals surface area contributed by atoms with Crippen molar-refractivity contribution in [3.05, 3.63) is 130 Å². The maximum Gasteiger partial charge on any atom is 0.278 e. The molecule has 0 aliphatic carbocycles. The van der Waals surface area contributed by atoms with Gasteiger partial charge < -0.3 is 0 Å². The van der Waals surface area contributed by atoms with Gasteiger partial charge >= 0.3 is 0 Å². The molecule has 5 aromatic rings. The molecule has 3 aromatic heterocycles. The molecule has 0 fully saturated rings. The average Bonchev–Trinajstić information content (AvgIpc) is 2.85. The van der Waals surface area contributed by atoms with Crippen molar-refractivity contribution in [1.29, 1.82) is 0 Å². The van der Waals surface area contributed by atoms with Crippen molar-refractivity contribution in [3.8, 4) is 5.69 Å². The van der Waals surface area contributed by atoms with Crippen molar-refractivity contribution in [2.45, 2.75) is 6.42 Å². The molecule has 0 aliphatic heterocycles. The molecule has 3 heterocycles. The monoisotopic (exact) mass is 416 g/mol. The first kappa shape index (κ1) is 19.6. The van der Waals surface area contributed by atoms with E-state index in [9.17, 15) is 4.79 Å². The molecule has 154 valence electrons. The van der Waals surface area contributed by atoms with E-state index in [0.29, 0.717) is 23.3 Å². The Kier molecular flexibility index (Phi) is 5.37. The van der Waals surface area contributed by atoms with Crippen LogP contribution >= 0.6 is 0 Å². The molecule has 0 saturated carbocycles. The summed E-state index contributed by atoms with van der Waals surface area (Å²) in [5.41, 5.74) is 5.02. The molecular weight excluding hydrogens is 396 g/mol. The molecule has 0 radical (unpaired) electrons. The molecule has 0 amide bonds. The standard InChI is InChI=1S/C27H20N4O/c32-27-25(18-21-10-7-17-28-19-21)30-24-16-15-22(14-13-20-8-3-1-4-9-20)29-26(24)31(27)23-11-5-2-6-12-23/h1-17,19H,18H2/b14-13+. The molecule has 0 spiro atoms. The first-order valence-corrected chi connectivity index (χ1v) is 10.4. The van der Waals surface area contributed by atoms with Gasteiger partial charge in [-0.1, -0.05) is 60.7 Å². The Morgan fingerprint density at radius 3 is 2.31 bits per heavy atom. The lowest BCUT2D eigenvalue weighted by molar-refractivity contribution is 0.924. The predicted molar refractivity (Wildman–Crippen MR) is 128 cm³/mol. The van der Waals surface area contributed by atoms with Crippen LogP contribution in [0.5, 0.6) is 0 Å². The average molecular weight is 416 g/mol. The van der Waals surface area contributed by atoms with Crippen LogP contribution in [0.2, 0.25) is 0 Å². The summed E-state index contributed by atoms with van der Waals surface area (Å²) in [5, 5.41) is 0. The maximum atomic E-state index is 13.5. The van der Waals surface area contributed by atoms with E-state index < -0.39 is 0 Å². The Bertz CT molecular complexity index is 1440. The van der Waals surface area contributed by atoms with Gasteiger partial charge in [0.05, 0.1) is 11.4 Å². The van der Waals surface area contributed by atoms with Gasteiger partial charge in [-0.25, -0.2) is 9.97 Å². The van der Waals surface area contributed by atoms with Crippen LogP contribution in [0, 0.1) is 0 Å². The highest BCUT2D eigenvalue weighted by atomic mass is 16.1. The number of para-hydroxylation sites is 1. The molecule has 5 rings (SSSR count). The topological polar surface area (TPSA) is 60.7 Å². The van der Waals surface area contributed by atoms with Crippen molar-refractivity contribution in [2.75, 3.05) is 0 Å². The van der Waals surface area contributed by atoms with E-state index in [0.717, 1.165) is 22.5 Å². The van der Waals surface area contributed by atoms with Crippen molar-refractivity contribution < 1.29 is 0 Å². The molecule has 0 bridgehead atoms. The van der Waals surface area contributed by atoms with E-state index in [2.05, 4.69) is 9.97 Å². The van der Waals surface area contributed by atoms with Crippen molar-refractivity contribution >= 4 is 23.3 Å². The molecule has 0 saturated heterocycles. The van der Waals surface area contributed by atoms with E-state index in [4.69, 9.17) is 4.98 Å². The third kappa shape index (κ3) is 4.09. The lowest BCUT2D eigenvalue weighted by Gasteiger charge is -2.12. The van der Waals surface area contributed by atoms with Crippen LogP contribution in [0.3, 0.4) is 0 Å². The second-order valence-corrected chi connectivity index (χ2v) is 7.40. The predicted octanol–water partition coefficient (Wildman–Crippen LogP) is 4.94. The fourth-order valence-corrected chi connectivity index (χ4v) is 3.59. The Morgan fingerprint density at radius 1 is 0.781 bits per heavy atom. The van der Waals surface area contributed by atoms with Gasteiger partial charge in [-0.2, -0.15) is 0 Å².